The molecule has 0 spiro atoms. The van der Waals surface area contributed by atoms with Gasteiger partial charge < -0.3 is 14.0 Å². The molecule has 1 rings (SSSR count). The minimum absolute atomic E-state index is 0. The maximum absolute atomic E-state index is 11.5. The van der Waals surface area contributed by atoms with Crippen molar-refractivity contribution in [2.24, 2.45) is 0 Å². The number of carbonyl (C=O) groups is 2. The fraction of sp³-hybridized carbons (Fsp3) is 0.500. The molecular formula is C16H21NaO7S. The van der Waals surface area contributed by atoms with E-state index < -0.39 is 33.6 Å². The molecule has 0 aliphatic heterocycles. The molecule has 134 valence electrons. The smallest absolute Gasteiger partial charge is 0.744 e. The monoisotopic (exact) mass is 380 g/mol. The normalized spacial score (nSPS) is 10.6. The molecule has 0 aliphatic carbocycles. The zero-order chi connectivity index (χ0) is 18.0. The van der Waals surface area contributed by atoms with Crippen LogP contribution in [0.15, 0.2) is 29.2 Å². The molecular weight excluding hydrogens is 359 g/mol. The fourth-order valence-electron chi connectivity index (χ4n) is 1.92. The van der Waals surface area contributed by atoms with Gasteiger partial charge in [0.05, 0.1) is 4.90 Å². The molecule has 0 saturated heterocycles. The molecule has 0 heterocycles. The van der Waals surface area contributed by atoms with Gasteiger partial charge in [-0.05, 0) is 30.7 Å². The van der Waals surface area contributed by atoms with Crippen molar-refractivity contribution in [1.29, 1.82) is 0 Å². The van der Waals surface area contributed by atoms with Crippen LogP contribution in [0.4, 0.5) is 0 Å². The number of ether oxygens (including phenoxy) is 2. The van der Waals surface area contributed by atoms with Crippen molar-refractivity contribution in [3.05, 3.63) is 24.3 Å². The van der Waals surface area contributed by atoms with Crippen LogP contribution in [0.25, 0.3) is 0 Å². The Morgan fingerprint density at radius 2 is 1.60 bits per heavy atom. The second kappa shape index (κ2) is 12.4. The number of unbranched alkanes of at least 4 members (excludes halogenated alkanes) is 4. The summed E-state index contributed by atoms with van der Waals surface area (Å²) in [5, 5.41) is 0. The van der Waals surface area contributed by atoms with Gasteiger partial charge in [0.1, 0.15) is 15.9 Å². The van der Waals surface area contributed by atoms with Crippen LogP contribution in [0.3, 0.4) is 0 Å². The summed E-state index contributed by atoms with van der Waals surface area (Å²) in [7, 11) is -4.54. The topological polar surface area (TPSA) is 110 Å². The van der Waals surface area contributed by atoms with E-state index in [1.54, 1.807) is 0 Å². The third-order valence-electron chi connectivity index (χ3n) is 3.18. The predicted octanol–water partition coefficient (Wildman–Crippen LogP) is -0.596. The SMILES string of the molecule is CCCCCCCC(=O)OCC(=O)Oc1ccc(S(=O)(=O)[O-])cc1.[Na+]. The summed E-state index contributed by atoms with van der Waals surface area (Å²) in [4.78, 5) is 22.6. The number of esters is 2. The number of benzene rings is 1. The molecule has 1 aromatic rings. The first-order valence-corrected chi connectivity index (χ1v) is 9.16. The van der Waals surface area contributed by atoms with Crippen molar-refractivity contribution in [3.63, 3.8) is 0 Å². The van der Waals surface area contributed by atoms with E-state index in [9.17, 15) is 22.6 Å². The number of carbonyl (C=O) groups excluding carboxylic acids is 2. The average molecular weight is 380 g/mol. The first-order chi connectivity index (χ1) is 11.3. The summed E-state index contributed by atoms with van der Waals surface area (Å²) < 4.78 is 42.0. The number of rotatable bonds is 10. The van der Waals surface area contributed by atoms with Gasteiger partial charge in [0.2, 0.25) is 0 Å². The molecule has 0 fully saturated rings. The van der Waals surface area contributed by atoms with Gasteiger partial charge in [-0.1, -0.05) is 32.6 Å². The van der Waals surface area contributed by atoms with Crippen LogP contribution < -0.4 is 34.3 Å². The van der Waals surface area contributed by atoms with E-state index in [1.165, 1.54) is 12.1 Å². The Hall–Kier alpha value is -0.930. The van der Waals surface area contributed by atoms with E-state index in [-0.39, 0.29) is 41.7 Å². The van der Waals surface area contributed by atoms with E-state index in [2.05, 4.69) is 6.92 Å². The second-order valence-corrected chi connectivity index (χ2v) is 6.60. The van der Waals surface area contributed by atoms with Crippen LogP contribution in [-0.2, 0) is 24.4 Å². The molecule has 7 nitrogen and oxygen atoms in total. The Morgan fingerprint density at radius 1 is 1.00 bits per heavy atom. The van der Waals surface area contributed by atoms with E-state index >= 15 is 0 Å². The first-order valence-electron chi connectivity index (χ1n) is 7.75. The molecule has 0 radical (unpaired) electrons. The van der Waals surface area contributed by atoms with E-state index in [0.717, 1.165) is 44.2 Å². The zero-order valence-corrected chi connectivity index (χ0v) is 17.3. The maximum Gasteiger partial charge on any atom is 1.00 e. The van der Waals surface area contributed by atoms with Crippen molar-refractivity contribution < 1.29 is 61.6 Å². The van der Waals surface area contributed by atoms with Crippen molar-refractivity contribution in [2.45, 2.75) is 50.3 Å². The molecule has 0 unspecified atom stereocenters. The van der Waals surface area contributed by atoms with Crippen LogP contribution in [0, 0.1) is 0 Å². The first kappa shape index (κ1) is 24.1. The predicted molar refractivity (Wildman–Crippen MR) is 84.4 cm³/mol. The zero-order valence-electron chi connectivity index (χ0n) is 14.5. The third kappa shape index (κ3) is 10.6. The third-order valence-corrected chi connectivity index (χ3v) is 4.03. The molecule has 1 aromatic carbocycles. The molecule has 0 bridgehead atoms. The van der Waals surface area contributed by atoms with Gasteiger partial charge in [0.15, 0.2) is 6.61 Å². The minimum Gasteiger partial charge on any atom is -0.744 e. The van der Waals surface area contributed by atoms with Gasteiger partial charge in [0, 0.05) is 6.42 Å². The molecule has 0 aliphatic rings. The van der Waals surface area contributed by atoms with Crippen LogP contribution in [0.2, 0.25) is 0 Å². The summed E-state index contributed by atoms with van der Waals surface area (Å²) in [6.45, 7) is 1.59. The van der Waals surface area contributed by atoms with Crippen LogP contribution in [-0.4, -0.2) is 31.5 Å². The summed E-state index contributed by atoms with van der Waals surface area (Å²) in [6, 6.07) is 4.43. The van der Waals surface area contributed by atoms with Crippen LogP contribution in [0.1, 0.15) is 45.4 Å². The largest absolute Gasteiger partial charge is 1.00 e. The maximum atomic E-state index is 11.5. The van der Waals surface area contributed by atoms with Gasteiger partial charge >= 0.3 is 41.5 Å². The van der Waals surface area contributed by atoms with E-state index in [1.807, 2.05) is 0 Å². The minimum atomic E-state index is -4.54. The Bertz CT molecular complexity index is 641. The van der Waals surface area contributed by atoms with Gasteiger partial charge in [-0.15, -0.1) is 0 Å². The number of hydrogen-bond donors (Lipinski definition) is 0. The molecule has 0 amide bonds. The molecule has 9 heteroatoms. The Labute approximate surface area is 170 Å². The Morgan fingerprint density at radius 3 is 2.16 bits per heavy atom. The van der Waals surface area contributed by atoms with Crippen molar-refractivity contribution in [3.8, 4) is 5.75 Å². The summed E-state index contributed by atoms with van der Waals surface area (Å²) in [5.41, 5.74) is 0. The van der Waals surface area contributed by atoms with Gasteiger partial charge in [-0.25, -0.2) is 13.2 Å². The Kier molecular flexibility index (Phi) is 12.0. The summed E-state index contributed by atoms with van der Waals surface area (Å²) in [5.74, 6) is -1.19. The van der Waals surface area contributed by atoms with E-state index in [4.69, 9.17) is 9.47 Å². The summed E-state index contributed by atoms with van der Waals surface area (Å²) in [6.07, 6.45) is 5.25. The molecule has 0 saturated carbocycles. The second-order valence-electron chi connectivity index (χ2n) is 5.22. The van der Waals surface area contributed by atoms with Crippen LogP contribution >= 0.6 is 0 Å². The molecule has 0 atom stereocenters. The Balaban J connectivity index is 0.00000576. The quantitative estimate of drug-likeness (QED) is 0.175. The molecule has 0 N–H and O–H groups in total. The van der Waals surface area contributed by atoms with Gasteiger partial charge in [0.25, 0.3) is 0 Å². The van der Waals surface area contributed by atoms with Crippen molar-refractivity contribution in [1.82, 2.24) is 0 Å². The van der Waals surface area contributed by atoms with Crippen molar-refractivity contribution in [2.75, 3.05) is 6.61 Å². The fourth-order valence-corrected chi connectivity index (χ4v) is 2.39. The van der Waals surface area contributed by atoms with Crippen molar-refractivity contribution >= 4 is 22.1 Å². The molecule has 0 aromatic heterocycles. The van der Waals surface area contributed by atoms with E-state index in [0.29, 0.717) is 0 Å². The van der Waals surface area contributed by atoms with Crippen LogP contribution in [0.5, 0.6) is 5.75 Å². The standard InChI is InChI=1S/C16H22O7S.Na/c1-2-3-4-5-6-7-15(17)22-12-16(18)23-13-8-10-14(11-9-13)24(19,20)21;/h8-11H,2-7,12H2,1H3,(H,19,20,21);/q;+1/p-1. The van der Waals surface area contributed by atoms with Gasteiger partial charge in [-0.2, -0.15) is 0 Å². The van der Waals surface area contributed by atoms with Gasteiger partial charge in [-0.3, -0.25) is 4.79 Å². The summed E-state index contributed by atoms with van der Waals surface area (Å²) >= 11 is 0. The number of hydrogen-bond acceptors (Lipinski definition) is 7. The molecule has 25 heavy (non-hydrogen) atoms. The average Bonchev–Trinajstić information content (AvgIpc) is 2.52.